The summed E-state index contributed by atoms with van der Waals surface area (Å²) in [5.74, 6) is 0. The quantitative estimate of drug-likeness (QED) is 0.861. The Morgan fingerprint density at radius 2 is 1.76 bits per heavy atom. The minimum absolute atomic E-state index is 0.00101. The van der Waals surface area contributed by atoms with Crippen LogP contribution in [0, 0.1) is 0 Å². The first-order chi connectivity index (χ1) is 10.2. The van der Waals surface area contributed by atoms with E-state index in [1.54, 1.807) is 28.5 Å². The van der Waals surface area contributed by atoms with Gasteiger partial charge in [-0.2, -0.15) is 0 Å². The standard InChI is InChI=1S/C17H18N2OS/c1-13-14(2)21-17(18-11-7-6-10-16(18)20)19(13)12-15-8-4-3-5-9-15/h3-11,17H,12H2,1-2H3. The smallest absolute Gasteiger partial charge is 0.252 e. The predicted octanol–water partition coefficient (Wildman–Crippen LogP) is 3.80. The lowest BCUT2D eigenvalue weighted by atomic mass is 10.2. The molecule has 1 unspecified atom stereocenters. The summed E-state index contributed by atoms with van der Waals surface area (Å²) in [5.41, 5.74) is 2.53. The lowest BCUT2D eigenvalue weighted by Gasteiger charge is -2.29. The highest BCUT2D eigenvalue weighted by atomic mass is 32.2. The molecule has 1 aromatic carbocycles. The Balaban J connectivity index is 1.94. The van der Waals surface area contributed by atoms with Crippen LogP contribution in [0.5, 0.6) is 0 Å². The fourth-order valence-electron chi connectivity index (χ4n) is 2.48. The van der Waals surface area contributed by atoms with E-state index in [1.165, 1.54) is 16.2 Å². The van der Waals surface area contributed by atoms with Gasteiger partial charge < -0.3 is 4.90 Å². The molecule has 0 spiro atoms. The van der Waals surface area contributed by atoms with Crippen LogP contribution < -0.4 is 5.56 Å². The van der Waals surface area contributed by atoms with E-state index >= 15 is 0 Å². The SMILES string of the molecule is CC1=C(C)N(Cc2ccccc2)C(n2ccccc2=O)S1. The van der Waals surface area contributed by atoms with E-state index in [0.29, 0.717) is 0 Å². The Labute approximate surface area is 128 Å². The third-order valence-corrected chi connectivity index (χ3v) is 5.12. The van der Waals surface area contributed by atoms with E-state index in [4.69, 9.17) is 0 Å². The van der Waals surface area contributed by atoms with E-state index in [2.05, 4.69) is 30.9 Å². The number of nitrogens with zero attached hydrogens (tertiary/aromatic N) is 2. The van der Waals surface area contributed by atoms with Crippen molar-refractivity contribution in [2.24, 2.45) is 0 Å². The summed E-state index contributed by atoms with van der Waals surface area (Å²) >= 11 is 1.74. The lowest BCUT2D eigenvalue weighted by molar-refractivity contribution is 0.264. The molecule has 4 heteroatoms. The van der Waals surface area contributed by atoms with Gasteiger partial charge in [-0.25, -0.2) is 0 Å². The third-order valence-electron chi connectivity index (χ3n) is 3.77. The van der Waals surface area contributed by atoms with Crippen LogP contribution in [0.4, 0.5) is 0 Å². The van der Waals surface area contributed by atoms with Crippen molar-refractivity contribution in [3.63, 3.8) is 0 Å². The lowest BCUT2D eigenvalue weighted by Crippen LogP contribution is -2.31. The fourth-order valence-corrected chi connectivity index (χ4v) is 3.73. The van der Waals surface area contributed by atoms with Gasteiger partial charge >= 0.3 is 0 Å². The Morgan fingerprint density at radius 1 is 1.05 bits per heavy atom. The second-order valence-electron chi connectivity index (χ2n) is 5.15. The molecule has 0 bridgehead atoms. The molecule has 2 aromatic rings. The average Bonchev–Trinajstić information content (AvgIpc) is 2.77. The van der Waals surface area contributed by atoms with E-state index in [0.717, 1.165) is 6.54 Å². The molecular weight excluding hydrogens is 280 g/mol. The maximum Gasteiger partial charge on any atom is 0.252 e. The van der Waals surface area contributed by atoms with Crippen LogP contribution in [-0.2, 0) is 6.54 Å². The Morgan fingerprint density at radius 3 is 2.48 bits per heavy atom. The first-order valence-electron chi connectivity index (χ1n) is 6.98. The predicted molar refractivity (Wildman–Crippen MR) is 87.7 cm³/mol. The van der Waals surface area contributed by atoms with Crippen LogP contribution in [0.25, 0.3) is 0 Å². The number of hydrogen-bond acceptors (Lipinski definition) is 3. The number of benzene rings is 1. The van der Waals surface area contributed by atoms with Gasteiger partial charge in [-0.3, -0.25) is 9.36 Å². The largest absolute Gasteiger partial charge is 0.341 e. The van der Waals surface area contributed by atoms with Crippen molar-refractivity contribution in [3.05, 3.63) is 81.2 Å². The zero-order valence-corrected chi connectivity index (χ0v) is 13.0. The summed E-state index contributed by atoms with van der Waals surface area (Å²) in [6.07, 6.45) is 1.86. The Kier molecular flexibility index (Phi) is 3.88. The van der Waals surface area contributed by atoms with Crippen molar-refractivity contribution in [3.8, 4) is 0 Å². The van der Waals surface area contributed by atoms with Crippen molar-refractivity contribution in [2.75, 3.05) is 0 Å². The summed E-state index contributed by atoms with van der Waals surface area (Å²) in [6, 6.07) is 15.7. The molecule has 0 N–H and O–H groups in total. The number of thioether (sulfide) groups is 1. The molecule has 1 aliphatic rings. The number of aromatic nitrogens is 1. The minimum atomic E-state index is -0.00101. The normalized spacial score (nSPS) is 18.4. The molecular formula is C17H18N2OS. The van der Waals surface area contributed by atoms with Gasteiger partial charge in [0.2, 0.25) is 0 Å². The van der Waals surface area contributed by atoms with Crippen molar-refractivity contribution in [2.45, 2.75) is 25.9 Å². The Hall–Kier alpha value is -1.94. The maximum absolute atomic E-state index is 12.1. The van der Waals surface area contributed by atoms with Crippen LogP contribution in [-0.4, -0.2) is 9.47 Å². The van der Waals surface area contributed by atoms with Gasteiger partial charge in [-0.1, -0.05) is 48.2 Å². The van der Waals surface area contributed by atoms with E-state index in [-0.39, 0.29) is 11.1 Å². The van der Waals surface area contributed by atoms with Crippen molar-refractivity contribution < 1.29 is 0 Å². The second-order valence-corrected chi connectivity index (χ2v) is 6.42. The number of pyridine rings is 1. The average molecular weight is 298 g/mol. The van der Waals surface area contributed by atoms with Gasteiger partial charge in [-0.15, -0.1) is 0 Å². The van der Waals surface area contributed by atoms with Gasteiger partial charge in [0.15, 0.2) is 5.50 Å². The first-order valence-corrected chi connectivity index (χ1v) is 7.86. The molecule has 3 rings (SSSR count). The molecule has 0 aliphatic carbocycles. The molecule has 0 amide bonds. The van der Waals surface area contributed by atoms with Gasteiger partial charge in [0.05, 0.1) is 0 Å². The number of allylic oxidation sites excluding steroid dienone is 2. The highest BCUT2D eigenvalue weighted by Crippen LogP contribution is 2.44. The summed E-state index contributed by atoms with van der Waals surface area (Å²) < 4.78 is 1.80. The van der Waals surface area contributed by atoms with E-state index in [1.807, 2.05) is 30.5 Å². The zero-order valence-electron chi connectivity index (χ0n) is 12.2. The van der Waals surface area contributed by atoms with Gasteiger partial charge in [-0.05, 0) is 25.5 Å². The van der Waals surface area contributed by atoms with Crippen molar-refractivity contribution in [1.29, 1.82) is 0 Å². The Bertz CT molecular complexity index is 721. The molecule has 1 atom stereocenters. The van der Waals surface area contributed by atoms with Crippen LogP contribution in [0.2, 0.25) is 0 Å². The molecule has 3 nitrogen and oxygen atoms in total. The molecule has 108 valence electrons. The fraction of sp³-hybridized carbons (Fsp3) is 0.235. The molecule has 0 fully saturated rings. The highest BCUT2D eigenvalue weighted by molar-refractivity contribution is 8.03. The van der Waals surface area contributed by atoms with Crippen molar-refractivity contribution >= 4 is 11.8 Å². The second kappa shape index (κ2) is 5.82. The molecule has 1 aromatic heterocycles. The highest BCUT2D eigenvalue weighted by Gasteiger charge is 2.29. The van der Waals surface area contributed by atoms with Crippen LogP contribution in [0.15, 0.2) is 70.1 Å². The topological polar surface area (TPSA) is 25.2 Å². The van der Waals surface area contributed by atoms with Crippen molar-refractivity contribution in [1.82, 2.24) is 9.47 Å². The molecule has 0 radical (unpaired) electrons. The minimum Gasteiger partial charge on any atom is -0.341 e. The summed E-state index contributed by atoms with van der Waals surface area (Å²) in [4.78, 5) is 15.7. The first kappa shape index (κ1) is 14.0. The molecule has 21 heavy (non-hydrogen) atoms. The van der Waals surface area contributed by atoms with E-state index in [9.17, 15) is 4.79 Å². The molecule has 2 heterocycles. The summed E-state index contributed by atoms with van der Waals surface area (Å²) in [5, 5.41) is 0. The zero-order chi connectivity index (χ0) is 14.8. The monoisotopic (exact) mass is 298 g/mol. The third kappa shape index (κ3) is 2.76. The van der Waals surface area contributed by atoms with E-state index < -0.39 is 0 Å². The van der Waals surface area contributed by atoms with Gasteiger partial charge in [0, 0.05) is 29.4 Å². The van der Waals surface area contributed by atoms with Gasteiger partial charge in [0.1, 0.15) is 0 Å². The number of rotatable bonds is 3. The molecule has 0 saturated carbocycles. The van der Waals surface area contributed by atoms with Crippen LogP contribution in [0.1, 0.15) is 24.9 Å². The van der Waals surface area contributed by atoms with Crippen LogP contribution >= 0.6 is 11.8 Å². The summed E-state index contributed by atoms with van der Waals surface area (Å²) in [6.45, 7) is 5.05. The maximum atomic E-state index is 12.1. The molecule has 1 aliphatic heterocycles. The number of hydrogen-bond donors (Lipinski definition) is 0. The summed E-state index contributed by atoms with van der Waals surface area (Å²) in [7, 11) is 0. The molecule has 0 saturated heterocycles. The van der Waals surface area contributed by atoms with Gasteiger partial charge in [0.25, 0.3) is 5.56 Å². The van der Waals surface area contributed by atoms with Crippen LogP contribution in [0.3, 0.4) is 0 Å².